The first-order chi connectivity index (χ1) is 12.0. The lowest BCUT2D eigenvalue weighted by atomic mass is 10.2. The van der Waals surface area contributed by atoms with Gasteiger partial charge in [0.05, 0.1) is 29.0 Å². The normalized spacial score (nSPS) is 11.2. The zero-order chi connectivity index (χ0) is 17.7. The molecule has 3 aromatic rings. The van der Waals surface area contributed by atoms with Crippen LogP contribution in [0, 0.1) is 0 Å². The lowest BCUT2D eigenvalue weighted by molar-refractivity contribution is 0.102. The van der Waals surface area contributed by atoms with Gasteiger partial charge in [0.1, 0.15) is 6.26 Å². The number of sulfonamides is 1. The Labute approximate surface area is 143 Å². The Hall–Kier alpha value is -3.04. The van der Waals surface area contributed by atoms with Crippen molar-refractivity contribution in [3.8, 4) is 0 Å². The van der Waals surface area contributed by atoms with Crippen LogP contribution in [0.1, 0.15) is 16.1 Å². The Morgan fingerprint density at radius 1 is 1.12 bits per heavy atom. The Kier molecular flexibility index (Phi) is 4.87. The molecule has 0 aliphatic heterocycles. The highest BCUT2D eigenvalue weighted by molar-refractivity contribution is 7.89. The van der Waals surface area contributed by atoms with Gasteiger partial charge in [-0.05, 0) is 36.4 Å². The second kappa shape index (κ2) is 7.24. The maximum absolute atomic E-state index is 12.2. The van der Waals surface area contributed by atoms with Crippen molar-refractivity contribution in [3.63, 3.8) is 0 Å². The van der Waals surface area contributed by atoms with Crippen molar-refractivity contribution in [2.75, 3.05) is 5.32 Å². The Bertz CT molecular complexity index is 940. The number of nitrogens with zero attached hydrogens (tertiary/aromatic N) is 2. The summed E-state index contributed by atoms with van der Waals surface area (Å²) in [4.78, 5) is 16.1. The molecule has 0 saturated carbocycles. The summed E-state index contributed by atoms with van der Waals surface area (Å²) < 4.78 is 31.5. The summed E-state index contributed by atoms with van der Waals surface area (Å²) in [7, 11) is -3.71. The van der Waals surface area contributed by atoms with Gasteiger partial charge in [0, 0.05) is 17.8 Å². The molecule has 128 valence electrons. The molecule has 25 heavy (non-hydrogen) atoms. The largest absolute Gasteiger partial charge is 0.364 e. The first kappa shape index (κ1) is 16.8. The highest BCUT2D eigenvalue weighted by Gasteiger charge is 2.15. The van der Waals surface area contributed by atoms with Crippen molar-refractivity contribution in [2.24, 2.45) is 0 Å². The number of amides is 1. The molecule has 2 N–H and O–H groups in total. The second-order valence-electron chi connectivity index (χ2n) is 5.04. The Balaban J connectivity index is 1.67. The van der Waals surface area contributed by atoms with Gasteiger partial charge in [-0.3, -0.25) is 9.78 Å². The van der Waals surface area contributed by atoms with Gasteiger partial charge in [-0.1, -0.05) is 5.16 Å². The number of carbonyl (C=O) groups excluding carboxylic acids is 1. The van der Waals surface area contributed by atoms with Crippen molar-refractivity contribution >= 4 is 21.6 Å². The van der Waals surface area contributed by atoms with Crippen LogP contribution in [0.4, 0.5) is 5.69 Å². The number of carbonyl (C=O) groups is 1. The summed E-state index contributed by atoms with van der Waals surface area (Å²) in [5, 5.41) is 6.31. The van der Waals surface area contributed by atoms with Crippen LogP contribution in [0.25, 0.3) is 0 Å². The molecule has 0 saturated heterocycles. The van der Waals surface area contributed by atoms with E-state index in [-0.39, 0.29) is 17.3 Å². The fourth-order valence-corrected chi connectivity index (χ4v) is 3.01. The fourth-order valence-electron chi connectivity index (χ4n) is 2.01. The number of aromatic nitrogens is 2. The topological polar surface area (TPSA) is 114 Å². The second-order valence-corrected chi connectivity index (χ2v) is 6.80. The predicted molar refractivity (Wildman–Crippen MR) is 89.2 cm³/mol. The van der Waals surface area contributed by atoms with Gasteiger partial charge in [-0.15, -0.1) is 0 Å². The van der Waals surface area contributed by atoms with Crippen LogP contribution in [0.15, 0.2) is 70.5 Å². The minimum Gasteiger partial charge on any atom is -0.364 e. The average molecular weight is 358 g/mol. The Morgan fingerprint density at radius 2 is 1.92 bits per heavy atom. The van der Waals surface area contributed by atoms with Crippen molar-refractivity contribution < 1.29 is 17.7 Å². The van der Waals surface area contributed by atoms with Gasteiger partial charge in [0.25, 0.3) is 5.91 Å². The summed E-state index contributed by atoms with van der Waals surface area (Å²) in [5.41, 5.74) is 1.36. The first-order valence-corrected chi connectivity index (χ1v) is 8.73. The number of hydrogen-bond acceptors (Lipinski definition) is 6. The van der Waals surface area contributed by atoms with Crippen molar-refractivity contribution in [2.45, 2.75) is 11.4 Å². The predicted octanol–water partition coefficient (Wildman–Crippen LogP) is 1.80. The highest BCUT2D eigenvalue weighted by Crippen LogP contribution is 2.13. The summed E-state index contributed by atoms with van der Waals surface area (Å²) >= 11 is 0. The minimum absolute atomic E-state index is 0.0160. The van der Waals surface area contributed by atoms with Crippen LogP contribution in [0.2, 0.25) is 0 Å². The van der Waals surface area contributed by atoms with Crippen molar-refractivity contribution in [1.82, 2.24) is 14.9 Å². The molecule has 0 radical (unpaired) electrons. The fraction of sp³-hybridized carbons (Fsp3) is 0.0625. The van der Waals surface area contributed by atoms with Crippen LogP contribution in [-0.2, 0) is 16.6 Å². The van der Waals surface area contributed by atoms with E-state index in [4.69, 9.17) is 0 Å². The lowest BCUT2D eigenvalue weighted by Crippen LogP contribution is -2.23. The van der Waals surface area contributed by atoms with Gasteiger partial charge in [0.15, 0.2) is 0 Å². The summed E-state index contributed by atoms with van der Waals surface area (Å²) in [5.74, 6) is -0.354. The first-order valence-electron chi connectivity index (χ1n) is 7.25. The summed E-state index contributed by atoms with van der Waals surface area (Å²) in [6, 6.07) is 10.6. The van der Waals surface area contributed by atoms with E-state index >= 15 is 0 Å². The molecule has 0 bridgehead atoms. The number of nitrogens with one attached hydrogen (secondary N) is 2. The summed E-state index contributed by atoms with van der Waals surface area (Å²) in [6.07, 6.45) is 4.48. The van der Waals surface area contributed by atoms with Crippen molar-refractivity contribution in [1.29, 1.82) is 0 Å². The molecule has 0 aliphatic carbocycles. The zero-order valence-corrected chi connectivity index (χ0v) is 13.7. The van der Waals surface area contributed by atoms with E-state index in [0.29, 0.717) is 16.9 Å². The van der Waals surface area contributed by atoms with E-state index < -0.39 is 10.0 Å². The average Bonchev–Trinajstić information content (AvgIpc) is 3.15. The van der Waals surface area contributed by atoms with E-state index in [1.165, 1.54) is 36.7 Å². The molecule has 9 heteroatoms. The van der Waals surface area contributed by atoms with Crippen LogP contribution in [0.3, 0.4) is 0 Å². The molecular formula is C16H14N4O4S. The van der Waals surface area contributed by atoms with Crippen LogP contribution in [-0.4, -0.2) is 24.5 Å². The molecule has 0 spiro atoms. The van der Waals surface area contributed by atoms with Crippen LogP contribution >= 0.6 is 0 Å². The van der Waals surface area contributed by atoms with Gasteiger partial charge < -0.3 is 9.84 Å². The number of hydrogen-bond donors (Lipinski definition) is 2. The molecule has 2 heterocycles. The maximum atomic E-state index is 12.2. The molecule has 0 atom stereocenters. The molecule has 0 unspecified atom stereocenters. The monoisotopic (exact) mass is 358 g/mol. The van der Waals surface area contributed by atoms with E-state index in [9.17, 15) is 13.2 Å². The molecule has 2 aromatic heterocycles. The van der Waals surface area contributed by atoms with E-state index in [0.717, 1.165) is 0 Å². The summed E-state index contributed by atoms with van der Waals surface area (Å²) in [6.45, 7) is 0.0160. The molecule has 0 fully saturated rings. The van der Waals surface area contributed by atoms with Gasteiger partial charge in [-0.2, -0.15) is 0 Å². The molecular weight excluding hydrogens is 344 g/mol. The van der Waals surface area contributed by atoms with Crippen LogP contribution in [0.5, 0.6) is 0 Å². The van der Waals surface area contributed by atoms with Crippen molar-refractivity contribution in [3.05, 3.63) is 72.4 Å². The zero-order valence-electron chi connectivity index (χ0n) is 12.9. The van der Waals surface area contributed by atoms with Gasteiger partial charge in [-0.25, -0.2) is 13.1 Å². The number of anilines is 1. The van der Waals surface area contributed by atoms with E-state index in [1.54, 1.807) is 24.4 Å². The van der Waals surface area contributed by atoms with Gasteiger partial charge in [0.2, 0.25) is 10.0 Å². The lowest BCUT2D eigenvalue weighted by Gasteiger charge is -2.07. The standard InChI is InChI=1S/C16H14N4O4S/c21-16(19-13-2-1-8-17-10-13)12-3-5-15(6-4-12)25(22,23)18-11-14-7-9-24-20-14/h1-10,18H,11H2,(H,19,21). The molecule has 1 amide bonds. The van der Waals surface area contributed by atoms with E-state index in [2.05, 4.69) is 24.7 Å². The third-order valence-corrected chi connectivity index (χ3v) is 4.70. The SMILES string of the molecule is O=C(Nc1cccnc1)c1ccc(S(=O)(=O)NCc2ccon2)cc1. The molecule has 0 aliphatic rings. The third kappa shape index (κ3) is 4.28. The third-order valence-electron chi connectivity index (χ3n) is 3.28. The maximum Gasteiger partial charge on any atom is 0.255 e. The number of rotatable bonds is 6. The highest BCUT2D eigenvalue weighted by atomic mass is 32.2. The number of benzene rings is 1. The van der Waals surface area contributed by atoms with Gasteiger partial charge >= 0.3 is 0 Å². The number of pyridine rings is 1. The Morgan fingerprint density at radius 3 is 2.56 bits per heavy atom. The smallest absolute Gasteiger partial charge is 0.255 e. The quantitative estimate of drug-likeness (QED) is 0.694. The minimum atomic E-state index is -3.71. The molecule has 8 nitrogen and oxygen atoms in total. The van der Waals surface area contributed by atoms with E-state index in [1.807, 2.05) is 0 Å². The molecule has 3 rings (SSSR count). The van der Waals surface area contributed by atoms with Crippen LogP contribution < -0.4 is 10.0 Å². The molecule has 1 aromatic carbocycles.